The lowest BCUT2D eigenvalue weighted by Crippen LogP contribution is -2.10. The molecular formula is C60H41N. The van der Waals surface area contributed by atoms with Crippen molar-refractivity contribution in [2.24, 2.45) is 0 Å². The van der Waals surface area contributed by atoms with Gasteiger partial charge in [0.2, 0.25) is 0 Å². The lowest BCUT2D eigenvalue weighted by Gasteiger charge is -2.27. The summed E-state index contributed by atoms with van der Waals surface area (Å²) in [7, 11) is 0. The quantitative estimate of drug-likeness (QED) is 0.139. The molecule has 11 aromatic rings. The van der Waals surface area contributed by atoms with Crippen LogP contribution in [0.1, 0.15) is 0 Å². The van der Waals surface area contributed by atoms with Crippen LogP contribution in [0.3, 0.4) is 0 Å². The third-order valence-corrected chi connectivity index (χ3v) is 12.1. The largest absolute Gasteiger partial charge is 0.310 e. The number of fused-ring (bicyclic) bond motifs is 4. The van der Waals surface area contributed by atoms with Crippen LogP contribution in [0.4, 0.5) is 17.1 Å². The molecule has 0 bridgehead atoms. The molecule has 0 aliphatic heterocycles. The zero-order valence-corrected chi connectivity index (χ0v) is 33.6. The van der Waals surface area contributed by atoms with Gasteiger partial charge in [0.15, 0.2) is 0 Å². The van der Waals surface area contributed by atoms with E-state index >= 15 is 0 Å². The highest BCUT2D eigenvalue weighted by atomic mass is 15.1. The van der Waals surface area contributed by atoms with Crippen molar-refractivity contribution in [1.82, 2.24) is 0 Å². The van der Waals surface area contributed by atoms with Crippen LogP contribution in [0.2, 0.25) is 0 Å². The Balaban J connectivity index is 1.06. The molecule has 11 aromatic carbocycles. The first-order valence-corrected chi connectivity index (χ1v) is 21.0. The highest BCUT2D eigenvalue weighted by Gasteiger charge is 2.19. The number of nitrogens with zero attached hydrogens (tertiary/aromatic N) is 1. The van der Waals surface area contributed by atoms with Crippen molar-refractivity contribution in [2.75, 3.05) is 4.90 Å². The summed E-state index contributed by atoms with van der Waals surface area (Å²) in [6, 6.07) is 90.5. The van der Waals surface area contributed by atoms with Crippen LogP contribution in [-0.2, 0) is 0 Å². The molecule has 1 heteroatoms. The molecule has 286 valence electrons. The molecular weight excluding hydrogens is 735 g/mol. The van der Waals surface area contributed by atoms with Gasteiger partial charge < -0.3 is 4.90 Å². The van der Waals surface area contributed by atoms with Gasteiger partial charge in [-0.3, -0.25) is 0 Å². The molecule has 0 aromatic heterocycles. The van der Waals surface area contributed by atoms with Gasteiger partial charge in [-0.2, -0.15) is 0 Å². The van der Waals surface area contributed by atoms with Gasteiger partial charge in [-0.15, -0.1) is 0 Å². The van der Waals surface area contributed by atoms with Crippen molar-refractivity contribution in [3.05, 3.63) is 249 Å². The summed E-state index contributed by atoms with van der Waals surface area (Å²) in [5, 5.41) is 7.44. The van der Waals surface area contributed by atoms with Crippen LogP contribution in [0, 0.1) is 0 Å². The summed E-state index contributed by atoms with van der Waals surface area (Å²) in [5.41, 5.74) is 15.3. The van der Waals surface area contributed by atoms with Gasteiger partial charge in [0.05, 0.1) is 0 Å². The average molecular weight is 776 g/mol. The maximum absolute atomic E-state index is 2.41. The fourth-order valence-electron chi connectivity index (χ4n) is 9.06. The monoisotopic (exact) mass is 775 g/mol. The van der Waals surface area contributed by atoms with Crippen LogP contribution in [0.25, 0.3) is 88.0 Å². The van der Waals surface area contributed by atoms with Crippen LogP contribution in [0.5, 0.6) is 0 Å². The predicted molar refractivity (Wildman–Crippen MR) is 261 cm³/mol. The molecule has 0 saturated carbocycles. The molecule has 0 spiro atoms. The maximum atomic E-state index is 2.41. The number of benzene rings is 11. The van der Waals surface area contributed by atoms with E-state index < -0.39 is 0 Å². The molecule has 0 aliphatic rings. The standard InChI is InChI=1S/C60H41N/c1-3-16-43(17-4-1)56-38-37-52(41-59(56)44-18-5-2-6-19-44)61(51-36-33-47-29-28-45-20-9-10-23-54(45)60(47)40-51)50-34-31-46(32-35-50)53-22-11-13-25-57(53)58-26-14-12-24-55(58)49-30-27-42-15-7-8-21-48(42)39-49/h1-41H. The Morgan fingerprint density at radius 1 is 0.197 bits per heavy atom. The normalized spacial score (nSPS) is 11.3. The molecule has 0 amide bonds. The molecule has 0 aliphatic carbocycles. The predicted octanol–water partition coefficient (Wildman–Crippen LogP) is 17.0. The van der Waals surface area contributed by atoms with Crippen LogP contribution >= 0.6 is 0 Å². The molecule has 11 rings (SSSR count). The molecule has 0 N–H and O–H groups in total. The summed E-state index contributed by atoms with van der Waals surface area (Å²) in [6.07, 6.45) is 0. The van der Waals surface area contributed by atoms with Crippen molar-refractivity contribution in [1.29, 1.82) is 0 Å². The summed E-state index contributed by atoms with van der Waals surface area (Å²) in [6.45, 7) is 0. The van der Waals surface area contributed by atoms with Gasteiger partial charge in [0, 0.05) is 17.1 Å². The van der Waals surface area contributed by atoms with Gasteiger partial charge in [-0.25, -0.2) is 0 Å². The number of hydrogen-bond donors (Lipinski definition) is 0. The molecule has 0 heterocycles. The van der Waals surface area contributed by atoms with E-state index in [0.29, 0.717) is 0 Å². The van der Waals surface area contributed by atoms with Crippen molar-refractivity contribution >= 4 is 49.4 Å². The second kappa shape index (κ2) is 15.6. The summed E-state index contributed by atoms with van der Waals surface area (Å²) < 4.78 is 0. The number of anilines is 3. The molecule has 61 heavy (non-hydrogen) atoms. The van der Waals surface area contributed by atoms with Crippen molar-refractivity contribution in [3.8, 4) is 55.6 Å². The van der Waals surface area contributed by atoms with E-state index in [9.17, 15) is 0 Å². The Morgan fingerprint density at radius 3 is 1.33 bits per heavy atom. The smallest absolute Gasteiger partial charge is 0.0468 e. The Hall–Kier alpha value is -8.00. The maximum Gasteiger partial charge on any atom is 0.0468 e. The van der Waals surface area contributed by atoms with Gasteiger partial charge in [0.25, 0.3) is 0 Å². The number of hydrogen-bond acceptors (Lipinski definition) is 1. The minimum absolute atomic E-state index is 1.09. The molecule has 0 unspecified atom stereocenters. The Labute approximate surface area is 357 Å². The van der Waals surface area contributed by atoms with E-state index in [4.69, 9.17) is 0 Å². The van der Waals surface area contributed by atoms with E-state index in [1.165, 1.54) is 88.0 Å². The molecule has 1 nitrogen and oxygen atoms in total. The lowest BCUT2D eigenvalue weighted by atomic mass is 9.89. The van der Waals surface area contributed by atoms with E-state index in [1.807, 2.05) is 0 Å². The highest BCUT2D eigenvalue weighted by molar-refractivity contribution is 6.09. The van der Waals surface area contributed by atoms with Crippen molar-refractivity contribution in [3.63, 3.8) is 0 Å². The minimum atomic E-state index is 1.09. The van der Waals surface area contributed by atoms with E-state index in [-0.39, 0.29) is 0 Å². The highest BCUT2D eigenvalue weighted by Crippen LogP contribution is 2.44. The topological polar surface area (TPSA) is 3.24 Å². The zero-order valence-electron chi connectivity index (χ0n) is 33.6. The van der Waals surface area contributed by atoms with E-state index in [2.05, 4.69) is 254 Å². The second-order valence-corrected chi connectivity index (χ2v) is 15.7. The van der Waals surface area contributed by atoms with Crippen LogP contribution in [-0.4, -0.2) is 0 Å². The Bertz CT molecular complexity index is 3350. The van der Waals surface area contributed by atoms with E-state index in [0.717, 1.165) is 17.1 Å². The fraction of sp³-hybridized carbons (Fsp3) is 0. The van der Waals surface area contributed by atoms with Gasteiger partial charge in [0.1, 0.15) is 0 Å². The second-order valence-electron chi connectivity index (χ2n) is 15.7. The SMILES string of the molecule is c1ccc(-c2ccc(N(c3ccc(-c4ccccc4-c4ccccc4-c4ccc5ccccc5c4)cc3)c3ccc4ccc5ccccc5c4c3)cc2-c2ccccc2)cc1. The summed E-state index contributed by atoms with van der Waals surface area (Å²) in [5.74, 6) is 0. The van der Waals surface area contributed by atoms with Crippen molar-refractivity contribution in [2.45, 2.75) is 0 Å². The van der Waals surface area contributed by atoms with E-state index in [1.54, 1.807) is 0 Å². The van der Waals surface area contributed by atoms with Crippen molar-refractivity contribution < 1.29 is 0 Å². The number of rotatable bonds is 8. The van der Waals surface area contributed by atoms with Gasteiger partial charge in [-0.05, 0) is 130 Å². The average Bonchev–Trinajstić information content (AvgIpc) is 3.34. The third-order valence-electron chi connectivity index (χ3n) is 12.1. The van der Waals surface area contributed by atoms with Crippen LogP contribution < -0.4 is 4.90 Å². The first kappa shape index (κ1) is 36.1. The zero-order chi connectivity index (χ0) is 40.5. The third kappa shape index (κ3) is 6.83. The molecule has 0 atom stereocenters. The Morgan fingerprint density at radius 2 is 0.623 bits per heavy atom. The summed E-state index contributed by atoms with van der Waals surface area (Å²) in [4.78, 5) is 2.41. The minimum Gasteiger partial charge on any atom is -0.310 e. The fourth-order valence-corrected chi connectivity index (χ4v) is 9.06. The van der Waals surface area contributed by atoms with Crippen LogP contribution in [0.15, 0.2) is 249 Å². The summed E-state index contributed by atoms with van der Waals surface area (Å²) >= 11 is 0. The lowest BCUT2D eigenvalue weighted by molar-refractivity contribution is 1.29. The first-order valence-electron chi connectivity index (χ1n) is 21.0. The molecule has 0 fully saturated rings. The van der Waals surface area contributed by atoms with Gasteiger partial charge in [-0.1, -0.05) is 206 Å². The first-order chi connectivity index (χ1) is 30.2. The molecule has 0 saturated heterocycles. The Kier molecular flexibility index (Phi) is 9.26. The van der Waals surface area contributed by atoms with Gasteiger partial charge >= 0.3 is 0 Å². The molecule has 0 radical (unpaired) electrons.